The summed E-state index contributed by atoms with van der Waals surface area (Å²) in [7, 11) is 0. The van der Waals surface area contributed by atoms with Crippen molar-refractivity contribution >= 4 is 18.1 Å². The average Bonchev–Trinajstić information content (AvgIpc) is 3.33. The fourth-order valence-corrected chi connectivity index (χ4v) is 4.32. The van der Waals surface area contributed by atoms with Gasteiger partial charge in [0, 0.05) is 24.2 Å². The summed E-state index contributed by atoms with van der Waals surface area (Å²) in [5.41, 5.74) is 6.46. The number of fused-ring (bicyclic) bond motifs is 3. The number of H-pyrrole nitrogens is 1. The average molecular weight is 461 g/mol. The molecular weight excluding hydrogens is 435 g/mol. The first-order chi connectivity index (χ1) is 16.3. The zero-order valence-corrected chi connectivity index (χ0v) is 18.7. The largest absolute Gasteiger partial charge is 0.480 e. The van der Waals surface area contributed by atoms with Gasteiger partial charge >= 0.3 is 12.1 Å². The smallest absolute Gasteiger partial charge is 0.407 e. The molecule has 1 aliphatic carbocycles. The number of aliphatic carboxylic acids is 1. The number of hydrogen-bond donors (Lipinski definition) is 3. The van der Waals surface area contributed by atoms with Crippen LogP contribution in [0.15, 0.2) is 73.2 Å². The molecule has 34 heavy (non-hydrogen) atoms. The molecule has 0 radical (unpaired) electrons. The van der Waals surface area contributed by atoms with E-state index in [2.05, 4.69) is 16.9 Å². The van der Waals surface area contributed by atoms with Gasteiger partial charge in [0.1, 0.15) is 18.5 Å². The molecule has 1 amide bonds. The van der Waals surface area contributed by atoms with E-state index in [-0.39, 0.29) is 18.9 Å². The highest BCUT2D eigenvalue weighted by Crippen LogP contribution is 2.44. The Morgan fingerprint density at radius 3 is 2.38 bits per heavy atom. The first-order valence-electron chi connectivity index (χ1n) is 10.9. The minimum Gasteiger partial charge on any atom is -0.480 e. The van der Waals surface area contributed by atoms with Crippen molar-refractivity contribution in [3.8, 4) is 11.1 Å². The molecule has 1 aromatic heterocycles. The van der Waals surface area contributed by atoms with Gasteiger partial charge in [0.2, 0.25) is 0 Å². The number of carboxylic acids is 1. The van der Waals surface area contributed by atoms with Gasteiger partial charge < -0.3 is 20.1 Å². The first kappa shape index (κ1) is 23.0. The number of rotatable bonds is 8. The second-order valence-corrected chi connectivity index (χ2v) is 8.20. The van der Waals surface area contributed by atoms with E-state index in [0.717, 1.165) is 27.8 Å². The molecule has 0 aliphatic heterocycles. The van der Waals surface area contributed by atoms with E-state index in [1.54, 1.807) is 13.1 Å². The van der Waals surface area contributed by atoms with E-state index >= 15 is 0 Å². The third kappa shape index (κ3) is 4.78. The highest BCUT2D eigenvalue weighted by atomic mass is 19.1. The van der Waals surface area contributed by atoms with Crippen LogP contribution in [-0.4, -0.2) is 34.8 Å². The van der Waals surface area contributed by atoms with Gasteiger partial charge in [-0.25, -0.2) is 14.0 Å². The molecule has 1 unspecified atom stereocenters. The number of amides is 1. The second-order valence-electron chi connectivity index (χ2n) is 8.20. The molecular formula is C27H25FN2O4. The van der Waals surface area contributed by atoms with Gasteiger partial charge in [-0.15, -0.1) is 0 Å². The Hall–Kier alpha value is -4.13. The monoisotopic (exact) mass is 460 g/mol. The van der Waals surface area contributed by atoms with Crippen molar-refractivity contribution in [1.29, 1.82) is 0 Å². The summed E-state index contributed by atoms with van der Waals surface area (Å²) in [4.78, 5) is 27.3. The zero-order valence-electron chi connectivity index (χ0n) is 18.7. The van der Waals surface area contributed by atoms with Crippen LogP contribution in [0.1, 0.15) is 33.9 Å². The van der Waals surface area contributed by atoms with Crippen molar-refractivity contribution in [2.45, 2.75) is 25.3 Å². The van der Waals surface area contributed by atoms with Crippen LogP contribution in [0.3, 0.4) is 0 Å². The first-order valence-corrected chi connectivity index (χ1v) is 10.9. The molecule has 7 heteroatoms. The molecule has 0 bridgehead atoms. The Bertz CT molecular complexity index is 1230. The minimum atomic E-state index is -1.18. The highest BCUT2D eigenvalue weighted by molar-refractivity contribution is 5.81. The third-order valence-electron chi connectivity index (χ3n) is 6.08. The lowest BCUT2D eigenvalue weighted by molar-refractivity contribution is -0.139. The predicted octanol–water partition coefficient (Wildman–Crippen LogP) is 5.35. The molecule has 1 heterocycles. The number of carbonyl (C=O) groups excluding carboxylic acids is 1. The molecule has 1 aliphatic rings. The SMILES string of the molecule is C=C(F)/C=C\c1[nH]cc(CC(NC(=O)OCC2c3ccccc3-c3ccccc32)C(=O)O)c1C. The highest BCUT2D eigenvalue weighted by Gasteiger charge is 2.30. The lowest BCUT2D eigenvalue weighted by Crippen LogP contribution is -2.43. The van der Waals surface area contributed by atoms with Crippen LogP contribution in [0, 0.1) is 6.92 Å². The molecule has 0 fully saturated rings. The number of carboxylic acid groups (broad SMARTS) is 1. The Balaban J connectivity index is 1.42. The Kier molecular flexibility index (Phi) is 6.63. The molecule has 2 aromatic carbocycles. The van der Waals surface area contributed by atoms with Crippen molar-refractivity contribution in [2.24, 2.45) is 0 Å². The molecule has 3 N–H and O–H groups in total. The Morgan fingerprint density at radius 1 is 1.18 bits per heavy atom. The molecule has 6 nitrogen and oxygen atoms in total. The summed E-state index contributed by atoms with van der Waals surface area (Å²) >= 11 is 0. The van der Waals surface area contributed by atoms with Crippen LogP contribution >= 0.6 is 0 Å². The molecule has 3 aromatic rings. The summed E-state index contributed by atoms with van der Waals surface area (Å²) in [6, 6.07) is 14.8. The van der Waals surface area contributed by atoms with Crippen LogP contribution in [0.2, 0.25) is 0 Å². The van der Waals surface area contributed by atoms with Crippen molar-refractivity contribution in [3.63, 3.8) is 0 Å². The summed E-state index contributed by atoms with van der Waals surface area (Å²) in [5, 5.41) is 12.1. The number of allylic oxidation sites excluding steroid dienone is 2. The van der Waals surface area contributed by atoms with Crippen LogP contribution in [0.25, 0.3) is 17.2 Å². The van der Waals surface area contributed by atoms with Crippen LogP contribution in [0.4, 0.5) is 9.18 Å². The van der Waals surface area contributed by atoms with Gasteiger partial charge in [0.05, 0.1) is 0 Å². The molecule has 0 saturated heterocycles. The van der Waals surface area contributed by atoms with Gasteiger partial charge in [-0.1, -0.05) is 55.1 Å². The van der Waals surface area contributed by atoms with Gasteiger partial charge in [-0.3, -0.25) is 0 Å². The Labute approximate surface area is 196 Å². The summed E-state index contributed by atoms with van der Waals surface area (Å²) < 4.78 is 18.4. The number of aromatic amines is 1. The summed E-state index contributed by atoms with van der Waals surface area (Å²) in [6.07, 6.45) is 3.64. The lowest BCUT2D eigenvalue weighted by Gasteiger charge is -2.17. The zero-order chi connectivity index (χ0) is 24.2. The quantitative estimate of drug-likeness (QED) is 0.395. The number of ether oxygens (including phenoxy) is 1. The summed E-state index contributed by atoms with van der Waals surface area (Å²) in [5.74, 6) is -1.88. The van der Waals surface area contributed by atoms with Crippen molar-refractivity contribution < 1.29 is 23.8 Å². The molecule has 1 atom stereocenters. The fraction of sp³-hybridized carbons (Fsp3) is 0.185. The van der Waals surface area contributed by atoms with Gasteiger partial charge in [0.25, 0.3) is 0 Å². The van der Waals surface area contributed by atoms with Gasteiger partial charge in [-0.2, -0.15) is 0 Å². The molecule has 174 valence electrons. The maximum atomic E-state index is 12.9. The topological polar surface area (TPSA) is 91.4 Å². The van der Waals surface area contributed by atoms with E-state index in [0.29, 0.717) is 11.3 Å². The predicted molar refractivity (Wildman–Crippen MR) is 128 cm³/mol. The minimum absolute atomic E-state index is 0.0479. The Morgan fingerprint density at radius 2 is 1.79 bits per heavy atom. The third-order valence-corrected chi connectivity index (χ3v) is 6.08. The normalized spacial score (nSPS) is 13.4. The number of benzene rings is 2. The molecule has 4 rings (SSSR count). The summed E-state index contributed by atoms with van der Waals surface area (Å²) in [6.45, 7) is 5.06. The number of alkyl carbamates (subject to hydrolysis) is 1. The van der Waals surface area contributed by atoms with Gasteiger partial charge in [-0.05, 0) is 52.5 Å². The van der Waals surface area contributed by atoms with E-state index in [9.17, 15) is 19.1 Å². The number of aromatic nitrogens is 1. The maximum Gasteiger partial charge on any atom is 0.407 e. The number of nitrogens with one attached hydrogen (secondary N) is 2. The molecule has 0 saturated carbocycles. The van der Waals surface area contributed by atoms with Crippen molar-refractivity contribution in [2.75, 3.05) is 6.61 Å². The lowest BCUT2D eigenvalue weighted by atomic mass is 9.98. The maximum absolute atomic E-state index is 12.9. The molecule has 0 spiro atoms. The number of carbonyl (C=O) groups is 2. The van der Waals surface area contributed by atoms with Crippen LogP contribution in [-0.2, 0) is 16.0 Å². The standard InChI is InChI=1S/C27H25FN2O4/c1-16(28)11-12-24-17(2)18(14-29-24)13-25(26(31)32)30-27(33)34-15-23-21-9-5-3-7-19(21)20-8-4-6-10-22(20)23/h3-12,14,23,25,29H,1,13,15H2,2H3,(H,30,33)(H,31,32)/b12-11-. The van der Waals surface area contributed by atoms with E-state index in [4.69, 9.17) is 4.74 Å². The van der Waals surface area contributed by atoms with Crippen LogP contribution < -0.4 is 5.32 Å². The second kappa shape index (κ2) is 9.79. The van der Waals surface area contributed by atoms with Gasteiger partial charge in [0.15, 0.2) is 0 Å². The number of halogens is 1. The van der Waals surface area contributed by atoms with E-state index < -0.39 is 23.9 Å². The van der Waals surface area contributed by atoms with Crippen molar-refractivity contribution in [3.05, 3.63) is 101 Å². The van der Waals surface area contributed by atoms with Crippen LogP contribution in [0.5, 0.6) is 0 Å². The van der Waals surface area contributed by atoms with E-state index in [1.165, 1.54) is 12.2 Å². The number of hydrogen-bond acceptors (Lipinski definition) is 3. The fourth-order valence-electron chi connectivity index (χ4n) is 4.32. The van der Waals surface area contributed by atoms with Crippen molar-refractivity contribution in [1.82, 2.24) is 10.3 Å². The van der Waals surface area contributed by atoms with E-state index in [1.807, 2.05) is 48.5 Å².